The lowest BCUT2D eigenvalue weighted by atomic mass is 9.95. The van der Waals surface area contributed by atoms with Crippen LogP contribution < -0.4 is 0 Å². The van der Waals surface area contributed by atoms with E-state index in [1.807, 2.05) is 0 Å². The van der Waals surface area contributed by atoms with Gasteiger partial charge >= 0.3 is 0 Å². The van der Waals surface area contributed by atoms with Gasteiger partial charge in [0.05, 0.1) is 11.7 Å². The predicted molar refractivity (Wildman–Crippen MR) is 64.7 cm³/mol. The van der Waals surface area contributed by atoms with Crippen molar-refractivity contribution in [1.82, 2.24) is 9.88 Å². The summed E-state index contributed by atoms with van der Waals surface area (Å²) in [5.41, 5.74) is 0.417. The molecule has 1 aliphatic heterocycles. The number of hydrogen-bond acceptors (Lipinski definition) is 3. The van der Waals surface area contributed by atoms with Crippen LogP contribution in [0, 0.1) is 11.9 Å². The zero-order valence-corrected chi connectivity index (χ0v) is 10.6. The SMILES string of the molecule is COC1CN(C(=O)c2ccc(F)nc2)CCC1C. The fourth-order valence-electron chi connectivity index (χ4n) is 2.21. The Kier molecular flexibility index (Phi) is 3.91. The second kappa shape index (κ2) is 5.44. The molecule has 2 atom stereocenters. The van der Waals surface area contributed by atoms with E-state index in [0.717, 1.165) is 6.42 Å². The van der Waals surface area contributed by atoms with E-state index in [-0.39, 0.29) is 12.0 Å². The minimum Gasteiger partial charge on any atom is -0.379 e. The van der Waals surface area contributed by atoms with Crippen LogP contribution in [-0.4, -0.2) is 42.1 Å². The molecule has 1 aromatic heterocycles. The Balaban J connectivity index is 2.07. The van der Waals surface area contributed by atoms with Crippen LogP contribution >= 0.6 is 0 Å². The van der Waals surface area contributed by atoms with Crippen molar-refractivity contribution in [2.75, 3.05) is 20.2 Å². The zero-order valence-electron chi connectivity index (χ0n) is 10.6. The lowest BCUT2D eigenvalue weighted by molar-refractivity contribution is -0.00158. The number of carbonyl (C=O) groups excluding carboxylic acids is 1. The number of nitrogens with zero attached hydrogens (tertiary/aromatic N) is 2. The second-order valence-electron chi connectivity index (χ2n) is 4.66. The largest absolute Gasteiger partial charge is 0.379 e. The van der Waals surface area contributed by atoms with Crippen molar-refractivity contribution in [2.24, 2.45) is 5.92 Å². The minimum atomic E-state index is -0.575. The first-order valence-corrected chi connectivity index (χ1v) is 6.05. The van der Waals surface area contributed by atoms with Gasteiger partial charge in [-0.15, -0.1) is 0 Å². The maximum absolute atomic E-state index is 12.7. The summed E-state index contributed by atoms with van der Waals surface area (Å²) in [6.45, 7) is 3.40. The molecule has 18 heavy (non-hydrogen) atoms. The fraction of sp³-hybridized carbons (Fsp3) is 0.538. The Bertz CT molecular complexity index is 422. The third-order valence-electron chi connectivity index (χ3n) is 3.45. The van der Waals surface area contributed by atoms with E-state index in [2.05, 4.69) is 11.9 Å². The molecule has 1 aliphatic rings. The fourth-order valence-corrected chi connectivity index (χ4v) is 2.21. The third-order valence-corrected chi connectivity index (χ3v) is 3.45. The number of likely N-dealkylation sites (tertiary alicyclic amines) is 1. The van der Waals surface area contributed by atoms with Crippen LogP contribution in [0.1, 0.15) is 23.7 Å². The number of pyridine rings is 1. The number of hydrogen-bond donors (Lipinski definition) is 0. The van der Waals surface area contributed by atoms with E-state index in [9.17, 15) is 9.18 Å². The van der Waals surface area contributed by atoms with Crippen molar-refractivity contribution in [3.63, 3.8) is 0 Å². The molecular formula is C13H17FN2O2. The Morgan fingerprint density at radius 3 is 2.94 bits per heavy atom. The molecule has 0 aliphatic carbocycles. The van der Waals surface area contributed by atoms with Crippen molar-refractivity contribution in [1.29, 1.82) is 0 Å². The summed E-state index contributed by atoms with van der Waals surface area (Å²) in [7, 11) is 1.66. The highest BCUT2D eigenvalue weighted by atomic mass is 19.1. The van der Waals surface area contributed by atoms with E-state index >= 15 is 0 Å². The lowest BCUT2D eigenvalue weighted by Crippen LogP contribution is -2.46. The highest BCUT2D eigenvalue weighted by Gasteiger charge is 2.29. The molecule has 0 spiro atoms. The Labute approximate surface area is 106 Å². The van der Waals surface area contributed by atoms with Gasteiger partial charge in [-0.2, -0.15) is 4.39 Å². The van der Waals surface area contributed by atoms with Crippen molar-refractivity contribution < 1.29 is 13.9 Å². The Morgan fingerprint density at radius 1 is 1.56 bits per heavy atom. The van der Waals surface area contributed by atoms with Crippen LogP contribution in [0.25, 0.3) is 0 Å². The molecule has 98 valence electrons. The normalized spacial score (nSPS) is 24.1. The number of piperidine rings is 1. The summed E-state index contributed by atoms with van der Waals surface area (Å²) in [6.07, 6.45) is 2.26. The molecule has 2 rings (SSSR count). The summed E-state index contributed by atoms with van der Waals surface area (Å²) in [4.78, 5) is 17.4. The number of carbonyl (C=O) groups is 1. The van der Waals surface area contributed by atoms with Gasteiger partial charge in [-0.1, -0.05) is 6.92 Å². The maximum Gasteiger partial charge on any atom is 0.255 e. The summed E-state index contributed by atoms with van der Waals surface area (Å²) < 4.78 is 18.1. The molecule has 4 nitrogen and oxygen atoms in total. The van der Waals surface area contributed by atoms with Crippen molar-refractivity contribution >= 4 is 5.91 Å². The summed E-state index contributed by atoms with van der Waals surface area (Å²) in [5, 5.41) is 0. The van der Waals surface area contributed by atoms with Crippen LogP contribution in [0.4, 0.5) is 4.39 Å². The number of amides is 1. The average molecular weight is 252 g/mol. The number of rotatable bonds is 2. The van der Waals surface area contributed by atoms with E-state index in [0.29, 0.717) is 24.6 Å². The topological polar surface area (TPSA) is 42.4 Å². The Morgan fingerprint density at radius 2 is 2.33 bits per heavy atom. The van der Waals surface area contributed by atoms with Gasteiger partial charge in [0.25, 0.3) is 5.91 Å². The molecule has 0 saturated carbocycles. The molecule has 0 aromatic carbocycles. The molecule has 1 saturated heterocycles. The van der Waals surface area contributed by atoms with Crippen LogP contribution in [0.5, 0.6) is 0 Å². The average Bonchev–Trinajstić information content (AvgIpc) is 2.39. The van der Waals surface area contributed by atoms with Gasteiger partial charge in [-0.3, -0.25) is 4.79 Å². The molecule has 0 N–H and O–H groups in total. The van der Waals surface area contributed by atoms with Gasteiger partial charge in [0.1, 0.15) is 0 Å². The van der Waals surface area contributed by atoms with E-state index in [1.54, 1.807) is 12.0 Å². The molecule has 0 bridgehead atoms. The smallest absolute Gasteiger partial charge is 0.255 e. The van der Waals surface area contributed by atoms with Crippen molar-refractivity contribution in [3.05, 3.63) is 29.8 Å². The van der Waals surface area contributed by atoms with Crippen LogP contribution in [-0.2, 0) is 4.74 Å². The minimum absolute atomic E-state index is 0.0658. The second-order valence-corrected chi connectivity index (χ2v) is 4.66. The quantitative estimate of drug-likeness (QED) is 0.753. The maximum atomic E-state index is 12.7. The molecule has 5 heteroatoms. The van der Waals surface area contributed by atoms with E-state index < -0.39 is 5.95 Å². The molecule has 1 amide bonds. The van der Waals surface area contributed by atoms with Gasteiger partial charge < -0.3 is 9.64 Å². The summed E-state index contributed by atoms with van der Waals surface area (Å²) in [6, 6.07) is 2.66. The van der Waals surface area contributed by atoms with Gasteiger partial charge in [0.2, 0.25) is 5.95 Å². The van der Waals surface area contributed by atoms with E-state index in [1.165, 1.54) is 18.3 Å². The lowest BCUT2D eigenvalue weighted by Gasteiger charge is -2.36. The van der Waals surface area contributed by atoms with Crippen LogP contribution in [0.15, 0.2) is 18.3 Å². The number of aromatic nitrogens is 1. The summed E-state index contributed by atoms with van der Waals surface area (Å²) >= 11 is 0. The standard InChI is InChI=1S/C13H17FN2O2/c1-9-5-6-16(8-11(9)18-2)13(17)10-3-4-12(14)15-7-10/h3-4,7,9,11H,5-6,8H2,1-2H3. The van der Waals surface area contributed by atoms with Crippen LogP contribution in [0.3, 0.4) is 0 Å². The first-order chi connectivity index (χ1) is 8.61. The van der Waals surface area contributed by atoms with Gasteiger partial charge in [0.15, 0.2) is 0 Å². The van der Waals surface area contributed by atoms with Crippen LogP contribution in [0.2, 0.25) is 0 Å². The number of methoxy groups -OCH3 is 1. The van der Waals surface area contributed by atoms with Gasteiger partial charge in [-0.05, 0) is 24.5 Å². The van der Waals surface area contributed by atoms with Crippen molar-refractivity contribution in [3.8, 4) is 0 Å². The highest BCUT2D eigenvalue weighted by Crippen LogP contribution is 2.20. The molecular weight excluding hydrogens is 235 g/mol. The molecule has 1 fully saturated rings. The summed E-state index contributed by atoms with van der Waals surface area (Å²) in [5.74, 6) is -0.240. The van der Waals surface area contributed by atoms with Gasteiger partial charge in [0, 0.05) is 26.4 Å². The molecule has 0 radical (unpaired) electrons. The first kappa shape index (κ1) is 13.0. The van der Waals surface area contributed by atoms with E-state index in [4.69, 9.17) is 4.74 Å². The third kappa shape index (κ3) is 2.67. The zero-order chi connectivity index (χ0) is 13.1. The first-order valence-electron chi connectivity index (χ1n) is 6.05. The molecule has 2 heterocycles. The number of halogens is 1. The molecule has 1 aromatic rings. The van der Waals surface area contributed by atoms with Gasteiger partial charge in [-0.25, -0.2) is 4.98 Å². The molecule has 2 unspecified atom stereocenters. The predicted octanol–water partition coefficient (Wildman–Crippen LogP) is 1.72. The number of ether oxygens (including phenoxy) is 1. The highest BCUT2D eigenvalue weighted by molar-refractivity contribution is 5.93. The van der Waals surface area contributed by atoms with Crippen molar-refractivity contribution in [2.45, 2.75) is 19.4 Å². The Hall–Kier alpha value is -1.49. The monoisotopic (exact) mass is 252 g/mol.